The van der Waals surface area contributed by atoms with Crippen LogP contribution in [0, 0.1) is 5.92 Å². The number of rotatable bonds is 3. The van der Waals surface area contributed by atoms with Gasteiger partial charge in [-0.2, -0.15) is 13.2 Å². The summed E-state index contributed by atoms with van der Waals surface area (Å²) in [5, 5.41) is 9.17. The van der Waals surface area contributed by atoms with Gasteiger partial charge in [0.05, 0.1) is 11.5 Å². The Hall–Kier alpha value is -1.56. The quantitative estimate of drug-likeness (QED) is 0.930. The standard InChI is InChI=1S/C15H18F3NO2/c1-10-13(14(20)21)3-2-8-19(10)9-11-4-6-12(7-5-11)15(16,17)18/h4-7,10,13H,2-3,8-9H2,1H3,(H,20,21)/t10-,13-/m1/s1. The van der Waals surface area contributed by atoms with E-state index in [0.717, 1.165) is 30.7 Å². The number of hydrogen-bond donors (Lipinski definition) is 1. The number of aliphatic carboxylic acids is 1. The summed E-state index contributed by atoms with van der Waals surface area (Å²) < 4.78 is 37.5. The van der Waals surface area contributed by atoms with Crippen LogP contribution in [0.4, 0.5) is 13.2 Å². The number of benzene rings is 1. The van der Waals surface area contributed by atoms with Crippen LogP contribution in [0.2, 0.25) is 0 Å². The van der Waals surface area contributed by atoms with Crippen LogP contribution in [0.15, 0.2) is 24.3 Å². The lowest BCUT2D eigenvalue weighted by atomic mass is 9.90. The largest absolute Gasteiger partial charge is 0.481 e. The highest BCUT2D eigenvalue weighted by molar-refractivity contribution is 5.70. The molecule has 0 radical (unpaired) electrons. The fourth-order valence-electron chi connectivity index (χ4n) is 2.80. The Bertz CT molecular complexity index is 499. The summed E-state index contributed by atoms with van der Waals surface area (Å²) in [6, 6.07) is 4.94. The van der Waals surface area contributed by atoms with Gasteiger partial charge in [-0.15, -0.1) is 0 Å². The van der Waals surface area contributed by atoms with E-state index in [1.165, 1.54) is 12.1 Å². The molecule has 0 bridgehead atoms. The number of hydrogen-bond acceptors (Lipinski definition) is 2. The minimum absolute atomic E-state index is 0.112. The van der Waals surface area contributed by atoms with E-state index in [1.54, 1.807) is 0 Å². The van der Waals surface area contributed by atoms with E-state index in [2.05, 4.69) is 0 Å². The summed E-state index contributed by atoms with van der Waals surface area (Å²) in [4.78, 5) is 13.2. The zero-order chi connectivity index (χ0) is 15.6. The molecular formula is C15H18F3NO2. The number of carboxylic acid groups (broad SMARTS) is 1. The van der Waals surface area contributed by atoms with Gasteiger partial charge in [-0.1, -0.05) is 12.1 Å². The molecule has 0 aromatic heterocycles. The Morgan fingerprint density at radius 2 is 1.95 bits per heavy atom. The molecule has 1 saturated heterocycles. The number of piperidine rings is 1. The van der Waals surface area contributed by atoms with E-state index >= 15 is 0 Å². The van der Waals surface area contributed by atoms with Crippen LogP contribution in [-0.2, 0) is 17.5 Å². The molecule has 1 aromatic rings. The molecule has 116 valence electrons. The Balaban J connectivity index is 2.05. The number of carbonyl (C=O) groups is 1. The lowest BCUT2D eigenvalue weighted by molar-refractivity contribution is -0.146. The van der Waals surface area contributed by atoms with Gasteiger partial charge in [0.15, 0.2) is 0 Å². The van der Waals surface area contributed by atoms with Crippen molar-refractivity contribution in [3.63, 3.8) is 0 Å². The van der Waals surface area contributed by atoms with Gasteiger partial charge in [0, 0.05) is 12.6 Å². The Kier molecular flexibility index (Phi) is 4.56. The number of alkyl halides is 3. The van der Waals surface area contributed by atoms with Gasteiger partial charge in [0.2, 0.25) is 0 Å². The molecule has 3 nitrogen and oxygen atoms in total. The zero-order valence-electron chi connectivity index (χ0n) is 11.7. The summed E-state index contributed by atoms with van der Waals surface area (Å²) in [5.74, 6) is -1.21. The molecule has 0 aliphatic carbocycles. The molecule has 1 aromatic carbocycles. The first-order valence-electron chi connectivity index (χ1n) is 6.92. The third kappa shape index (κ3) is 3.75. The first kappa shape index (κ1) is 15.8. The predicted molar refractivity (Wildman–Crippen MR) is 71.7 cm³/mol. The summed E-state index contributed by atoms with van der Waals surface area (Å²) in [6.07, 6.45) is -2.88. The first-order valence-corrected chi connectivity index (χ1v) is 6.92. The van der Waals surface area contributed by atoms with Crippen LogP contribution in [-0.4, -0.2) is 28.6 Å². The van der Waals surface area contributed by atoms with Gasteiger partial charge in [-0.05, 0) is 44.0 Å². The molecule has 0 spiro atoms. The number of carboxylic acids is 1. The number of likely N-dealkylation sites (tertiary alicyclic amines) is 1. The molecule has 2 atom stereocenters. The molecule has 1 fully saturated rings. The highest BCUT2D eigenvalue weighted by Crippen LogP contribution is 2.30. The van der Waals surface area contributed by atoms with Crippen LogP contribution < -0.4 is 0 Å². The van der Waals surface area contributed by atoms with E-state index in [4.69, 9.17) is 5.11 Å². The van der Waals surface area contributed by atoms with E-state index in [9.17, 15) is 18.0 Å². The summed E-state index contributed by atoms with van der Waals surface area (Å²) in [7, 11) is 0. The van der Waals surface area contributed by atoms with E-state index in [1.807, 2.05) is 11.8 Å². The van der Waals surface area contributed by atoms with Gasteiger partial charge in [-0.25, -0.2) is 0 Å². The van der Waals surface area contributed by atoms with Crippen LogP contribution in [0.5, 0.6) is 0 Å². The number of halogens is 3. The molecule has 1 heterocycles. The van der Waals surface area contributed by atoms with Gasteiger partial charge in [0.1, 0.15) is 0 Å². The summed E-state index contributed by atoms with van der Waals surface area (Å²) in [6.45, 7) is 3.11. The average Bonchev–Trinajstić information content (AvgIpc) is 2.40. The molecule has 21 heavy (non-hydrogen) atoms. The highest BCUT2D eigenvalue weighted by Gasteiger charge is 2.33. The predicted octanol–water partition coefficient (Wildman–Crippen LogP) is 3.39. The second kappa shape index (κ2) is 6.05. The maximum Gasteiger partial charge on any atom is 0.416 e. The maximum atomic E-state index is 12.5. The topological polar surface area (TPSA) is 40.5 Å². The molecular weight excluding hydrogens is 283 g/mol. The SMILES string of the molecule is C[C@@H]1[C@H](C(=O)O)CCCN1Cc1ccc(C(F)(F)F)cc1. The molecule has 6 heteroatoms. The van der Waals surface area contributed by atoms with Crippen molar-refractivity contribution in [1.82, 2.24) is 4.90 Å². The lowest BCUT2D eigenvalue weighted by Crippen LogP contribution is -2.45. The minimum Gasteiger partial charge on any atom is -0.481 e. The van der Waals surface area contributed by atoms with Crippen LogP contribution in [0.25, 0.3) is 0 Å². The van der Waals surface area contributed by atoms with Crippen molar-refractivity contribution in [2.45, 2.75) is 38.5 Å². The second-order valence-corrected chi connectivity index (χ2v) is 5.49. The maximum absolute atomic E-state index is 12.5. The second-order valence-electron chi connectivity index (χ2n) is 5.49. The van der Waals surface area contributed by atoms with E-state index in [-0.39, 0.29) is 6.04 Å². The first-order chi connectivity index (χ1) is 9.79. The van der Waals surface area contributed by atoms with Crippen LogP contribution in [0.1, 0.15) is 30.9 Å². The van der Waals surface area contributed by atoms with Crippen molar-refractivity contribution < 1.29 is 23.1 Å². The van der Waals surface area contributed by atoms with Gasteiger partial charge in [0.25, 0.3) is 0 Å². The van der Waals surface area contributed by atoms with Crippen molar-refractivity contribution in [2.75, 3.05) is 6.54 Å². The fourth-order valence-corrected chi connectivity index (χ4v) is 2.80. The Morgan fingerprint density at radius 1 is 1.33 bits per heavy atom. The summed E-state index contributed by atoms with van der Waals surface area (Å²) in [5.41, 5.74) is 0.0993. The third-order valence-corrected chi connectivity index (χ3v) is 4.10. The van der Waals surface area contributed by atoms with Crippen molar-refractivity contribution >= 4 is 5.97 Å². The van der Waals surface area contributed by atoms with E-state index < -0.39 is 23.6 Å². The molecule has 1 aliphatic heterocycles. The molecule has 2 rings (SSSR count). The van der Waals surface area contributed by atoms with E-state index in [0.29, 0.717) is 13.0 Å². The van der Waals surface area contributed by atoms with Crippen molar-refractivity contribution in [1.29, 1.82) is 0 Å². The van der Waals surface area contributed by atoms with Gasteiger partial charge >= 0.3 is 12.1 Å². The summed E-state index contributed by atoms with van der Waals surface area (Å²) >= 11 is 0. The van der Waals surface area contributed by atoms with Crippen molar-refractivity contribution in [2.24, 2.45) is 5.92 Å². The Morgan fingerprint density at radius 3 is 2.48 bits per heavy atom. The van der Waals surface area contributed by atoms with Crippen LogP contribution >= 0.6 is 0 Å². The molecule has 1 N–H and O–H groups in total. The molecule has 1 aliphatic rings. The van der Waals surface area contributed by atoms with Gasteiger partial charge < -0.3 is 5.11 Å². The van der Waals surface area contributed by atoms with Gasteiger partial charge in [-0.3, -0.25) is 9.69 Å². The normalized spacial score (nSPS) is 24.0. The molecule has 0 amide bonds. The van der Waals surface area contributed by atoms with Crippen LogP contribution in [0.3, 0.4) is 0 Å². The fraction of sp³-hybridized carbons (Fsp3) is 0.533. The zero-order valence-corrected chi connectivity index (χ0v) is 11.7. The monoisotopic (exact) mass is 301 g/mol. The lowest BCUT2D eigenvalue weighted by Gasteiger charge is -2.37. The van der Waals surface area contributed by atoms with Crippen molar-refractivity contribution in [3.05, 3.63) is 35.4 Å². The Labute approximate surface area is 121 Å². The number of nitrogens with zero attached hydrogens (tertiary/aromatic N) is 1. The smallest absolute Gasteiger partial charge is 0.416 e. The third-order valence-electron chi connectivity index (χ3n) is 4.10. The molecule has 0 unspecified atom stereocenters. The molecule has 0 saturated carbocycles. The average molecular weight is 301 g/mol. The van der Waals surface area contributed by atoms with Crippen molar-refractivity contribution in [3.8, 4) is 0 Å². The minimum atomic E-state index is -4.33. The highest BCUT2D eigenvalue weighted by atomic mass is 19.4.